The summed E-state index contributed by atoms with van der Waals surface area (Å²) in [6, 6.07) is 0. The monoisotopic (exact) mass is 228 g/mol. The molecule has 2 saturated carbocycles. The van der Waals surface area contributed by atoms with Crippen molar-refractivity contribution < 1.29 is 10.2 Å². The Balaban J connectivity index is 0.000000165. The third kappa shape index (κ3) is 6.49. The molecule has 16 heavy (non-hydrogen) atoms. The summed E-state index contributed by atoms with van der Waals surface area (Å²) in [5.41, 5.74) is 0. The lowest BCUT2D eigenvalue weighted by molar-refractivity contribution is 0.130. The van der Waals surface area contributed by atoms with Gasteiger partial charge >= 0.3 is 0 Å². The van der Waals surface area contributed by atoms with E-state index >= 15 is 0 Å². The minimum absolute atomic E-state index is 0.0359. The van der Waals surface area contributed by atoms with Gasteiger partial charge in [-0.1, -0.05) is 51.4 Å². The van der Waals surface area contributed by atoms with Gasteiger partial charge in [-0.2, -0.15) is 0 Å². The molecule has 0 amide bonds. The van der Waals surface area contributed by atoms with Gasteiger partial charge in [0, 0.05) is 6.61 Å². The van der Waals surface area contributed by atoms with Gasteiger partial charge in [0.25, 0.3) is 0 Å². The second-order valence-electron chi connectivity index (χ2n) is 5.31. The van der Waals surface area contributed by atoms with Crippen LogP contribution in [0, 0.1) is 5.92 Å². The first kappa shape index (κ1) is 14.0. The molecule has 0 aromatic rings. The van der Waals surface area contributed by atoms with Gasteiger partial charge in [0.15, 0.2) is 0 Å². The van der Waals surface area contributed by atoms with Gasteiger partial charge in [-0.05, 0) is 25.2 Å². The highest BCUT2D eigenvalue weighted by Crippen LogP contribution is 2.25. The van der Waals surface area contributed by atoms with Crippen molar-refractivity contribution in [3.8, 4) is 0 Å². The average Bonchev–Trinajstić information content (AvgIpc) is 2.33. The molecule has 2 N–H and O–H groups in total. The van der Waals surface area contributed by atoms with Gasteiger partial charge in [0.1, 0.15) is 0 Å². The van der Waals surface area contributed by atoms with E-state index in [2.05, 4.69) is 0 Å². The maximum atomic E-state index is 8.91. The van der Waals surface area contributed by atoms with E-state index in [1.807, 2.05) is 0 Å². The van der Waals surface area contributed by atoms with Crippen LogP contribution in [0.1, 0.15) is 70.6 Å². The maximum Gasteiger partial charge on any atom is 0.0540 e. The molecule has 0 unspecified atom stereocenters. The standard InChI is InChI=1S/C8H16O.C6H12O/c9-7-6-8-4-2-1-3-5-8;7-6-4-2-1-3-5-6/h8-9H,1-7H2;6-7H,1-5H2. The third-order valence-corrected chi connectivity index (χ3v) is 3.84. The molecule has 2 rings (SSSR count). The Kier molecular flexibility index (Phi) is 7.87. The molecule has 2 heteroatoms. The van der Waals surface area contributed by atoms with Crippen molar-refractivity contribution >= 4 is 0 Å². The van der Waals surface area contributed by atoms with Crippen molar-refractivity contribution in [3.63, 3.8) is 0 Å². The van der Waals surface area contributed by atoms with Crippen LogP contribution in [-0.2, 0) is 0 Å². The highest BCUT2D eigenvalue weighted by molar-refractivity contribution is 4.64. The van der Waals surface area contributed by atoms with Crippen LogP contribution >= 0.6 is 0 Å². The van der Waals surface area contributed by atoms with Gasteiger partial charge < -0.3 is 10.2 Å². The van der Waals surface area contributed by atoms with Crippen LogP contribution in [0.5, 0.6) is 0 Å². The molecule has 0 spiro atoms. The minimum atomic E-state index is 0.0359. The molecular weight excluding hydrogens is 200 g/mol. The van der Waals surface area contributed by atoms with Gasteiger partial charge in [0.05, 0.1) is 6.10 Å². The first-order chi connectivity index (χ1) is 7.83. The fourth-order valence-electron chi connectivity index (χ4n) is 2.74. The summed E-state index contributed by atoms with van der Waals surface area (Å²) in [6.45, 7) is 0.394. The number of aliphatic hydroxyl groups is 2. The normalized spacial score (nSPS) is 23.6. The quantitative estimate of drug-likeness (QED) is 0.761. The second-order valence-corrected chi connectivity index (χ2v) is 5.31. The molecular formula is C14H28O2. The van der Waals surface area contributed by atoms with E-state index in [0.29, 0.717) is 6.61 Å². The zero-order valence-electron chi connectivity index (χ0n) is 10.5. The van der Waals surface area contributed by atoms with Gasteiger partial charge in [-0.15, -0.1) is 0 Å². The fraction of sp³-hybridized carbons (Fsp3) is 1.00. The molecule has 2 fully saturated rings. The summed E-state index contributed by atoms with van der Waals surface area (Å²) in [5, 5.41) is 17.5. The van der Waals surface area contributed by atoms with Crippen LogP contribution in [-0.4, -0.2) is 22.9 Å². The van der Waals surface area contributed by atoms with E-state index in [9.17, 15) is 0 Å². The Morgan fingerprint density at radius 2 is 1.25 bits per heavy atom. The van der Waals surface area contributed by atoms with Crippen LogP contribution in [0.4, 0.5) is 0 Å². The highest BCUT2D eigenvalue weighted by Gasteiger charge is 2.11. The van der Waals surface area contributed by atoms with Crippen LogP contribution in [0.15, 0.2) is 0 Å². The Bertz CT molecular complexity index is 144. The lowest BCUT2D eigenvalue weighted by Gasteiger charge is -2.19. The Labute approximate surface area is 100 Å². The van der Waals surface area contributed by atoms with E-state index in [-0.39, 0.29) is 6.10 Å². The second kappa shape index (κ2) is 9.00. The number of rotatable bonds is 2. The highest BCUT2D eigenvalue weighted by atomic mass is 16.3. The molecule has 0 aromatic carbocycles. The van der Waals surface area contributed by atoms with Crippen LogP contribution in [0.3, 0.4) is 0 Å². The van der Waals surface area contributed by atoms with E-state index in [0.717, 1.165) is 25.2 Å². The molecule has 0 bridgehead atoms. The van der Waals surface area contributed by atoms with E-state index in [1.54, 1.807) is 0 Å². The molecule has 2 nitrogen and oxygen atoms in total. The van der Waals surface area contributed by atoms with Crippen molar-refractivity contribution in [2.24, 2.45) is 5.92 Å². The molecule has 2 aliphatic carbocycles. The van der Waals surface area contributed by atoms with Crippen LogP contribution in [0.2, 0.25) is 0 Å². The van der Waals surface area contributed by atoms with Gasteiger partial charge in [0.2, 0.25) is 0 Å². The minimum Gasteiger partial charge on any atom is -0.396 e. The van der Waals surface area contributed by atoms with Crippen molar-refractivity contribution in [2.45, 2.75) is 76.7 Å². The fourth-order valence-corrected chi connectivity index (χ4v) is 2.74. The molecule has 0 radical (unpaired) electrons. The zero-order valence-corrected chi connectivity index (χ0v) is 10.5. The lowest BCUT2D eigenvalue weighted by atomic mass is 9.87. The smallest absolute Gasteiger partial charge is 0.0540 e. The largest absolute Gasteiger partial charge is 0.396 e. The molecule has 96 valence electrons. The molecule has 0 aromatic heterocycles. The predicted molar refractivity (Wildman–Crippen MR) is 67.4 cm³/mol. The summed E-state index contributed by atoms with van der Waals surface area (Å²) in [4.78, 5) is 0. The summed E-state index contributed by atoms with van der Waals surface area (Å²) in [6.07, 6.45) is 13.9. The number of hydrogen-bond acceptors (Lipinski definition) is 2. The maximum absolute atomic E-state index is 8.91. The van der Waals surface area contributed by atoms with Crippen LogP contribution in [0.25, 0.3) is 0 Å². The Morgan fingerprint density at radius 3 is 1.62 bits per heavy atom. The topological polar surface area (TPSA) is 40.5 Å². The number of hydrogen-bond donors (Lipinski definition) is 2. The average molecular weight is 228 g/mol. The molecule has 2 aliphatic rings. The van der Waals surface area contributed by atoms with Crippen LogP contribution < -0.4 is 0 Å². The van der Waals surface area contributed by atoms with Gasteiger partial charge in [-0.25, -0.2) is 0 Å². The molecule has 0 atom stereocenters. The van der Waals surface area contributed by atoms with E-state index in [4.69, 9.17) is 10.2 Å². The first-order valence-electron chi connectivity index (χ1n) is 7.12. The molecule has 0 saturated heterocycles. The summed E-state index contributed by atoms with van der Waals surface area (Å²) < 4.78 is 0. The van der Waals surface area contributed by atoms with E-state index in [1.165, 1.54) is 51.4 Å². The zero-order chi connectivity index (χ0) is 11.6. The van der Waals surface area contributed by atoms with E-state index < -0.39 is 0 Å². The first-order valence-corrected chi connectivity index (χ1v) is 7.12. The van der Waals surface area contributed by atoms with Gasteiger partial charge in [-0.3, -0.25) is 0 Å². The summed E-state index contributed by atoms with van der Waals surface area (Å²) in [7, 11) is 0. The van der Waals surface area contributed by atoms with Crippen molar-refractivity contribution in [3.05, 3.63) is 0 Å². The SMILES string of the molecule is OC1CCCCC1.OCCC1CCCCC1. The number of aliphatic hydroxyl groups excluding tert-OH is 2. The molecule has 0 heterocycles. The Morgan fingerprint density at radius 1 is 0.750 bits per heavy atom. The Hall–Kier alpha value is -0.0800. The lowest BCUT2D eigenvalue weighted by Crippen LogP contribution is -2.09. The summed E-state index contributed by atoms with van der Waals surface area (Å²) >= 11 is 0. The predicted octanol–water partition coefficient (Wildman–Crippen LogP) is 3.26. The van der Waals surface area contributed by atoms with Crippen molar-refractivity contribution in [2.75, 3.05) is 6.61 Å². The molecule has 0 aliphatic heterocycles. The summed E-state index contributed by atoms with van der Waals surface area (Å²) in [5.74, 6) is 0.851. The van der Waals surface area contributed by atoms with Crippen molar-refractivity contribution in [1.29, 1.82) is 0 Å². The third-order valence-electron chi connectivity index (χ3n) is 3.84. The van der Waals surface area contributed by atoms with Crippen molar-refractivity contribution in [1.82, 2.24) is 0 Å².